The zero-order valence-corrected chi connectivity index (χ0v) is 55.7. The number of primary amides is 1. The first kappa shape index (κ1) is 75.9. The van der Waals surface area contributed by atoms with Crippen molar-refractivity contribution in [2.24, 2.45) is 33.5 Å². The van der Waals surface area contributed by atoms with E-state index in [1.165, 1.54) is 31.6 Å². The van der Waals surface area contributed by atoms with Gasteiger partial charge < -0.3 is 67.7 Å². The molecule has 0 aromatic heterocycles. The van der Waals surface area contributed by atoms with Crippen molar-refractivity contribution in [2.75, 3.05) is 59.6 Å². The van der Waals surface area contributed by atoms with Crippen LogP contribution in [0.4, 0.5) is 0 Å². The monoisotopic (exact) mass is 1250 g/mol. The number of unbranched alkanes of at least 4 members (excludes halogenated alkanes) is 2. The number of hydrogen-bond donors (Lipinski definition) is 8. The molecule has 21 heteroatoms. The molecule has 0 radical (unpaired) electrons. The molecule has 4 fully saturated rings. The molecule has 1 aliphatic carbocycles. The Hall–Kier alpha value is -6.32. The van der Waals surface area contributed by atoms with Gasteiger partial charge in [0, 0.05) is 93.5 Å². The van der Waals surface area contributed by atoms with E-state index in [2.05, 4.69) is 51.6 Å². The quantitative estimate of drug-likeness (QED) is 0.0175. The SMILES string of the molecule is C=CC1N/C(=C(\N)C2CC2)COCC1(C)C.CC.CC(=O)NC(CC(=O)NCCCCCc1cccc(OCC(CCC(N)=O)NC(=O)C2CCC(CCN(CC(C)N)C(C)=O)N2C=O)c1Cl)c1ccc(/C(C)=C(\C)N=C(C)C)cc1.CN1CCC(O)C1. The van der Waals surface area contributed by atoms with E-state index in [1.54, 1.807) is 11.0 Å². The number of ether oxygens (including phenoxy) is 2. The van der Waals surface area contributed by atoms with Gasteiger partial charge in [-0.15, -0.1) is 6.58 Å². The van der Waals surface area contributed by atoms with Gasteiger partial charge in [0.05, 0.1) is 54.6 Å². The summed E-state index contributed by atoms with van der Waals surface area (Å²) < 4.78 is 11.8. The number of carbonyl (C=O) groups excluding carboxylic acids is 6. The van der Waals surface area contributed by atoms with Crippen LogP contribution in [0.2, 0.25) is 5.02 Å². The van der Waals surface area contributed by atoms with Crippen molar-refractivity contribution in [3.05, 3.63) is 93.9 Å². The maximum Gasteiger partial charge on any atom is 0.243 e. The summed E-state index contributed by atoms with van der Waals surface area (Å²) in [6.07, 6.45) is 11.0. The number of β-amino-alcohol motifs (C(OH)–C–C–N with tert-alkyl or cyclic N) is 1. The number of nitrogens with one attached hydrogen (secondary N) is 4. The lowest BCUT2D eigenvalue weighted by Crippen LogP contribution is -2.50. The van der Waals surface area contributed by atoms with E-state index in [1.807, 2.05) is 98.0 Å². The van der Waals surface area contributed by atoms with E-state index in [-0.39, 0.29) is 79.1 Å². The molecule has 3 heterocycles. The Bertz CT molecular complexity index is 2650. The van der Waals surface area contributed by atoms with Crippen LogP contribution in [0.15, 0.2) is 77.2 Å². The van der Waals surface area contributed by atoms with Crippen molar-refractivity contribution in [1.82, 2.24) is 36.0 Å². The summed E-state index contributed by atoms with van der Waals surface area (Å²) >= 11 is 6.80. The van der Waals surface area contributed by atoms with Gasteiger partial charge in [-0.05, 0) is 134 Å². The number of amides is 6. The number of nitrogens with zero attached hydrogens (tertiary/aromatic N) is 4. The molecule has 0 spiro atoms. The molecular formula is C67H108ClN11O9. The molecule has 7 unspecified atom stereocenters. The van der Waals surface area contributed by atoms with Gasteiger partial charge >= 0.3 is 0 Å². The van der Waals surface area contributed by atoms with E-state index in [4.69, 9.17) is 43.4 Å². The molecule has 1 saturated carbocycles. The van der Waals surface area contributed by atoms with Gasteiger partial charge in [-0.2, -0.15) is 0 Å². The summed E-state index contributed by atoms with van der Waals surface area (Å²) in [5.41, 5.74) is 25.3. The Morgan fingerprint density at radius 1 is 0.977 bits per heavy atom. The Balaban J connectivity index is 0.000000660. The van der Waals surface area contributed by atoms with Crippen LogP contribution in [0, 0.1) is 11.3 Å². The number of likely N-dealkylation sites (tertiary alicyclic amines) is 2. The first-order chi connectivity index (χ1) is 41.7. The number of aliphatic hydroxyl groups excluding tert-OH is 1. The lowest BCUT2D eigenvalue weighted by atomic mass is 9.85. The molecular weight excluding hydrogens is 1140 g/mol. The fourth-order valence-electron chi connectivity index (χ4n) is 10.7. The van der Waals surface area contributed by atoms with Crippen LogP contribution in [0.25, 0.3) is 5.57 Å². The number of likely N-dealkylation sites (N-methyl/N-ethyl adjacent to an activating group) is 1. The summed E-state index contributed by atoms with van der Waals surface area (Å²) in [4.78, 5) is 84.4. The predicted molar refractivity (Wildman–Crippen MR) is 353 cm³/mol. The van der Waals surface area contributed by atoms with Crippen LogP contribution >= 0.6 is 11.6 Å². The number of aryl methyl sites for hydroxylation is 1. The van der Waals surface area contributed by atoms with Gasteiger partial charge in [0.25, 0.3) is 0 Å². The van der Waals surface area contributed by atoms with Gasteiger partial charge in [0.15, 0.2) is 0 Å². The lowest BCUT2D eigenvalue weighted by Gasteiger charge is -2.30. The highest BCUT2D eigenvalue weighted by Crippen LogP contribution is 2.36. The van der Waals surface area contributed by atoms with Crippen molar-refractivity contribution in [3.63, 3.8) is 0 Å². The smallest absolute Gasteiger partial charge is 0.243 e. The zero-order valence-electron chi connectivity index (χ0n) is 55.0. The number of allylic oxidation sites excluding steroid dienone is 3. The molecule has 2 aromatic carbocycles. The standard InChI is InChI=1S/C47H69ClN8O7.C13H22N2O.C5H11NO.C2H6/c1-30(2)52-33(5)32(4)36-15-17-37(18-16-36)41(53-34(6)58)26-45(61)51-24-10-8-9-12-38-13-11-14-43(46(38)48)63-28-39(19-22-44(50)60)54-47(62)42-21-20-40(56(42)29-57)23-25-55(35(7)59)27-31(3)49;1-4-11-13(2,3)8-16-7-10(15-11)12(14)9-5-6-9;1-6-3-2-5(7)4-6;1-2/h11,13-18,29,31,39-42H,8-10,12,19-28,49H2,1-7H3,(H2,50,60)(H,51,61)(H,53,58)(H,54,62);4,9,11,15H,1,5-8,14H2,2-3H3;5,7H,2-4H2,1H3;1-2H3/b33-32+;12-10-;;. The van der Waals surface area contributed by atoms with Crippen LogP contribution in [-0.4, -0.2) is 157 Å². The summed E-state index contributed by atoms with van der Waals surface area (Å²) in [6.45, 7) is 29.5. The topological polar surface area (TPSA) is 289 Å². The van der Waals surface area contributed by atoms with Gasteiger partial charge in [-0.25, -0.2) is 0 Å². The fourth-order valence-corrected chi connectivity index (χ4v) is 11.0. The Kier molecular flexibility index (Phi) is 33.6. The number of aliphatic imine (C=N–C) groups is 1. The second-order valence-corrected chi connectivity index (χ2v) is 24.9. The number of nitrogens with two attached hydrogens (primary N) is 3. The van der Waals surface area contributed by atoms with Crippen molar-refractivity contribution in [2.45, 2.75) is 202 Å². The van der Waals surface area contributed by atoms with Crippen molar-refractivity contribution in [3.8, 4) is 5.75 Å². The molecule has 20 nitrogen and oxygen atoms in total. The van der Waals surface area contributed by atoms with Gasteiger partial charge in [0.1, 0.15) is 18.4 Å². The van der Waals surface area contributed by atoms with Gasteiger partial charge in [-0.1, -0.05) is 88.2 Å². The highest BCUT2D eigenvalue weighted by molar-refractivity contribution is 6.32. The minimum absolute atomic E-state index is 0.0170. The number of rotatable bonds is 28. The highest BCUT2D eigenvalue weighted by atomic mass is 35.5. The summed E-state index contributed by atoms with van der Waals surface area (Å²) in [5, 5.41) is 21.7. The van der Waals surface area contributed by atoms with E-state index in [0.29, 0.717) is 75.0 Å². The summed E-state index contributed by atoms with van der Waals surface area (Å²) in [7, 11) is 2.02. The molecule has 4 aliphatic rings. The second kappa shape index (κ2) is 38.9. The Morgan fingerprint density at radius 3 is 2.23 bits per heavy atom. The number of aliphatic hydroxyl groups is 1. The molecule has 11 N–H and O–H groups in total. The predicted octanol–water partition coefficient (Wildman–Crippen LogP) is 7.85. The zero-order chi connectivity index (χ0) is 65.7. The number of benzene rings is 2. The molecule has 0 bridgehead atoms. The minimum atomic E-state index is -0.709. The Morgan fingerprint density at radius 2 is 1.67 bits per heavy atom. The number of carbonyl (C=O) groups is 6. The summed E-state index contributed by atoms with van der Waals surface area (Å²) in [6, 6.07) is 11.4. The maximum atomic E-state index is 13.6. The van der Waals surface area contributed by atoms with Gasteiger partial charge in [-0.3, -0.25) is 33.8 Å². The van der Waals surface area contributed by atoms with Crippen LogP contribution in [0.5, 0.6) is 5.75 Å². The molecule has 6 rings (SSSR count). The average molecular weight is 1250 g/mol. The van der Waals surface area contributed by atoms with E-state index in [9.17, 15) is 28.8 Å². The highest BCUT2D eigenvalue weighted by Gasteiger charge is 2.38. The molecule has 6 amide bonds. The first-order valence-corrected chi connectivity index (χ1v) is 32.0. The first-order valence-electron chi connectivity index (χ1n) is 31.6. The minimum Gasteiger partial charge on any atom is -0.490 e. The molecule has 7 atom stereocenters. The molecule has 2 aromatic rings. The van der Waals surface area contributed by atoms with E-state index < -0.39 is 24.0 Å². The van der Waals surface area contributed by atoms with E-state index >= 15 is 0 Å². The normalized spacial score (nSPS) is 20.5. The average Bonchev–Trinajstić information content (AvgIpc) is 4.23. The molecule has 88 heavy (non-hydrogen) atoms. The van der Waals surface area contributed by atoms with Crippen molar-refractivity contribution < 1.29 is 43.3 Å². The molecule has 492 valence electrons. The maximum absolute atomic E-state index is 13.6. The van der Waals surface area contributed by atoms with Crippen LogP contribution in [0.1, 0.15) is 176 Å². The van der Waals surface area contributed by atoms with Crippen molar-refractivity contribution >= 4 is 58.8 Å². The summed E-state index contributed by atoms with van der Waals surface area (Å²) in [5.74, 6) is -0.340. The molecule has 3 saturated heterocycles. The fraction of sp³-hybridized carbons (Fsp3) is 0.627. The second-order valence-electron chi connectivity index (χ2n) is 24.5. The van der Waals surface area contributed by atoms with Gasteiger partial charge in [0.2, 0.25) is 35.9 Å². The number of halogens is 1. The third-order valence-corrected chi connectivity index (χ3v) is 16.4. The molecule has 3 aliphatic heterocycles. The Labute approximate surface area is 530 Å². The third kappa shape index (κ3) is 26.8. The largest absolute Gasteiger partial charge is 0.490 e. The van der Waals surface area contributed by atoms with Crippen LogP contribution in [-0.2, 0) is 39.9 Å². The number of hydrogen-bond acceptors (Lipinski definition) is 14. The lowest BCUT2D eigenvalue weighted by molar-refractivity contribution is -0.133. The van der Waals surface area contributed by atoms with Crippen LogP contribution in [0.3, 0.4) is 0 Å². The van der Waals surface area contributed by atoms with Crippen molar-refractivity contribution in [1.29, 1.82) is 0 Å². The third-order valence-electron chi connectivity index (χ3n) is 16.0. The van der Waals surface area contributed by atoms with E-state index in [0.717, 1.165) is 90.4 Å². The van der Waals surface area contributed by atoms with Crippen LogP contribution < -0.4 is 43.2 Å².